The minimum Gasteiger partial charge on any atom is -0.478 e. The smallest absolute Gasteiger partial charge is 0.337 e. The second-order valence-corrected chi connectivity index (χ2v) is 3.92. The molecule has 1 aromatic carbocycles. The van der Waals surface area contributed by atoms with Crippen molar-refractivity contribution in [3.63, 3.8) is 0 Å². The molecule has 1 heterocycles. The van der Waals surface area contributed by atoms with E-state index >= 15 is 0 Å². The van der Waals surface area contributed by atoms with Crippen LogP contribution >= 0.6 is 0 Å². The van der Waals surface area contributed by atoms with Gasteiger partial charge in [0.2, 0.25) is 5.82 Å². The standard InChI is InChI=1S/C12H8N6O4/c13-4-7(10-15-17-18-16-10)5-14-9-2-1-6(11(19)20)3-8(9)12(21)22/h1-3,5,14H,(H,19,20)(H,21,22)(H,15,16,17,18). The van der Waals surface area contributed by atoms with Gasteiger partial charge < -0.3 is 15.5 Å². The van der Waals surface area contributed by atoms with Crippen LogP contribution in [0, 0.1) is 11.3 Å². The van der Waals surface area contributed by atoms with Gasteiger partial charge >= 0.3 is 11.9 Å². The molecule has 0 aliphatic heterocycles. The zero-order valence-corrected chi connectivity index (χ0v) is 10.8. The fraction of sp³-hybridized carbons (Fsp3) is 0. The topological polar surface area (TPSA) is 165 Å². The Morgan fingerprint density at radius 2 is 2.09 bits per heavy atom. The molecule has 0 saturated carbocycles. The highest BCUT2D eigenvalue weighted by molar-refractivity contribution is 5.98. The van der Waals surface area contributed by atoms with Crippen molar-refractivity contribution in [1.29, 1.82) is 5.26 Å². The maximum absolute atomic E-state index is 11.2. The van der Waals surface area contributed by atoms with Gasteiger partial charge in [-0.05, 0) is 23.4 Å². The Balaban J connectivity index is 2.35. The maximum atomic E-state index is 11.2. The van der Waals surface area contributed by atoms with Crippen molar-refractivity contribution in [2.45, 2.75) is 0 Å². The zero-order chi connectivity index (χ0) is 16.1. The van der Waals surface area contributed by atoms with Crippen LogP contribution in [0.15, 0.2) is 24.4 Å². The number of hydrogen-bond donors (Lipinski definition) is 4. The SMILES string of the molecule is N#CC(=CNc1ccc(C(=O)O)cc1C(=O)O)c1nn[nH]n1. The third-order valence-corrected chi connectivity index (χ3v) is 2.58. The Bertz CT molecular complexity index is 790. The lowest BCUT2D eigenvalue weighted by Crippen LogP contribution is -2.06. The van der Waals surface area contributed by atoms with Gasteiger partial charge in [0.1, 0.15) is 11.6 Å². The van der Waals surface area contributed by atoms with Crippen molar-refractivity contribution in [1.82, 2.24) is 20.6 Å². The molecule has 0 saturated heterocycles. The molecule has 2 aromatic rings. The number of tetrazole rings is 1. The molecular weight excluding hydrogens is 292 g/mol. The molecule has 110 valence electrons. The van der Waals surface area contributed by atoms with Gasteiger partial charge in [-0.2, -0.15) is 10.5 Å². The summed E-state index contributed by atoms with van der Waals surface area (Å²) in [4.78, 5) is 22.0. The van der Waals surface area contributed by atoms with Crippen molar-refractivity contribution in [2.24, 2.45) is 0 Å². The van der Waals surface area contributed by atoms with E-state index in [9.17, 15) is 9.59 Å². The zero-order valence-electron chi connectivity index (χ0n) is 10.8. The molecule has 0 aliphatic rings. The number of hydrogen-bond acceptors (Lipinski definition) is 7. The van der Waals surface area contributed by atoms with Crippen LogP contribution in [0.3, 0.4) is 0 Å². The van der Waals surface area contributed by atoms with Crippen LogP contribution in [0.1, 0.15) is 26.5 Å². The van der Waals surface area contributed by atoms with Crippen molar-refractivity contribution in [3.05, 3.63) is 41.4 Å². The number of rotatable bonds is 5. The summed E-state index contributed by atoms with van der Waals surface area (Å²) in [5, 5.41) is 42.3. The van der Waals surface area contributed by atoms with Gasteiger partial charge in [-0.15, -0.1) is 10.2 Å². The first-order chi connectivity index (χ1) is 10.5. The fourth-order valence-electron chi connectivity index (χ4n) is 1.55. The summed E-state index contributed by atoms with van der Waals surface area (Å²) in [6.45, 7) is 0. The number of benzene rings is 1. The Kier molecular flexibility index (Phi) is 4.09. The normalized spacial score (nSPS) is 10.8. The van der Waals surface area contributed by atoms with Crippen LogP contribution in [0.4, 0.5) is 5.69 Å². The van der Waals surface area contributed by atoms with Crippen LogP contribution in [-0.4, -0.2) is 42.8 Å². The summed E-state index contributed by atoms with van der Waals surface area (Å²) < 4.78 is 0. The summed E-state index contributed by atoms with van der Waals surface area (Å²) in [5.74, 6) is -2.51. The second-order valence-electron chi connectivity index (χ2n) is 3.92. The molecule has 2 rings (SSSR count). The molecule has 10 nitrogen and oxygen atoms in total. The van der Waals surface area contributed by atoms with E-state index in [2.05, 4.69) is 25.9 Å². The summed E-state index contributed by atoms with van der Waals surface area (Å²) in [6.07, 6.45) is 1.20. The molecule has 0 amide bonds. The van der Waals surface area contributed by atoms with Crippen molar-refractivity contribution in [2.75, 3.05) is 5.32 Å². The average Bonchev–Trinajstić information content (AvgIpc) is 3.02. The number of carbonyl (C=O) groups is 2. The number of aromatic nitrogens is 4. The van der Waals surface area contributed by atoms with Gasteiger partial charge in [0, 0.05) is 6.20 Å². The summed E-state index contributed by atoms with van der Waals surface area (Å²) >= 11 is 0. The quantitative estimate of drug-likeness (QED) is 0.577. The number of nitrogens with one attached hydrogen (secondary N) is 2. The van der Waals surface area contributed by atoms with E-state index < -0.39 is 11.9 Å². The molecule has 0 fully saturated rings. The van der Waals surface area contributed by atoms with E-state index in [1.807, 2.05) is 6.07 Å². The highest BCUT2D eigenvalue weighted by Crippen LogP contribution is 2.19. The number of aromatic amines is 1. The van der Waals surface area contributed by atoms with E-state index in [1.165, 1.54) is 18.3 Å². The summed E-state index contributed by atoms with van der Waals surface area (Å²) in [5.41, 5.74) is -0.270. The minimum atomic E-state index is -1.31. The van der Waals surface area contributed by atoms with Crippen molar-refractivity contribution < 1.29 is 19.8 Å². The largest absolute Gasteiger partial charge is 0.478 e. The Labute approximate surface area is 122 Å². The average molecular weight is 300 g/mol. The number of aromatic carboxylic acids is 2. The fourth-order valence-corrected chi connectivity index (χ4v) is 1.55. The molecule has 0 aliphatic carbocycles. The predicted octanol–water partition coefficient (Wildman–Crippen LogP) is 0.573. The van der Waals surface area contributed by atoms with E-state index in [-0.39, 0.29) is 28.2 Å². The van der Waals surface area contributed by atoms with E-state index in [0.29, 0.717) is 0 Å². The molecule has 0 bridgehead atoms. The Hall–Kier alpha value is -3.74. The number of nitriles is 1. The van der Waals surface area contributed by atoms with E-state index in [1.54, 1.807) is 0 Å². The first-order valence-corrected chi connectivity index (χ1v) is 5.74. The van der Waals surface area contributed by atoms with E-state index in [0.717, 1.165) is 6.07 Å². The molecule has 0 atom stereocenters. The van der Waals surface area contributed by atoms with Gasteiger partial charge in [0.15, 0.2) is 0 Å². The van der Waals surface area contributed by atoms with Gasteiger partial charge in [-0.3, -0.25) is 0 Å². The summed E-state index contributed by atoms with van der Waals surface area (Å²) in [6, 6.07) is 5.37. The molecule has 0 unspecified atom stereocenters. The van der Waals surface area contributed by atoms with Crippen LogP contribution in [0.5, 0.6) is 0 Å². The highest BCUT2D eigenvalue weighted by Gasteiger charge is 2.14. The second kappa shape index (κ2) is 6.14. The number of anilines is 1. The van der Waals surface area contributed by atoms with Crippen molar-refractivity contribution >= 4 is 23.2 Å². The van der Waals surface area contributed by atoms with Crippen molar-refractivity contribution in [3.8, 4) is 6.07 Å². The van der Waals surface area contributed by atoms with Crippen LogP contribution < -0.4 is 5.32 Å². The molecule has 0 spiro atoms. The molecular formula is C12H8N6O4. The van der Waals surface area contributed by atoms with Crippen LogP contribution in [0.2, 0.25) is 0 Å². The third kappa shape index (κ3) is 3.05. The molecule has 10 heteroatoms. The minimum absolute atomic E-state index is 0.0207. The first kappa shape index (κ1) is 14.7. The lowest BCUT2D eigenvalue weighted by Gasteiger charge is -2.07. The summed E-state index contributed by atoms with van der Waals surface area (Å²) in [7, 11) is 0. The molecule has 0 radical (unpaired) electrons. The number of H-pyrrole nitrogens is 1. The molecule has 4 N–H and O–H groups in total. The first-order valence-electron chi connectivity index (χ1n) is 5.74. The number of allylic oxidation sites excluding steroid dienone is 1. The van der Waals surface area contributed by atoms with Gasteiger partial charge in [0.25, 0.3) is 0 Å². The maximum Gasteiger partial charge on any atom is 0.337 e. The van der Waals surface area contributed by atoms with Gasteiger partial charge in [0.05, 0.1) is 16.8 Å². The lowest BCUT2D eigenvalue weighted by molar-refractivity contribution is 0.0696. The Morgan fingerprint density at radius 3 is 2.64 bits per heavy atom. The van der Waals surface area contributed by atoms with E-state index in [4.69, 9.17) is 15.5 Å². The highest BCUT2D eigenvalue weighted by atomic mass is 16.4. The van der Waals surface area contributed by atoms with Gasteiger partial charge in [-0.25, -0.2) is 9.59 Å². The third-order valence-electron chi connectivity index (χ3n) is 2.58. The Morgan fingerprint density at radius 1 is 1.32 bits per heavy atom. The van der Waals surface area contributed by atoms with Crippen LogP contribution in [-0.2, 0) is 0 Å². The van der Waals surface area contributed by atoms with Crippen LogP contribution in [0.25, 0.3) is 5.57 Å². The monoisotopic (exact) mass is 300 g/mol. The number of nitrogens with zero attached hydrogens (tertiary/aromatic N) is 4. The molecule has 1 aromatic heterocycles. The number of carboxylic acids is 2. The molecule has 22 heavy (non-hydrogen) atoms. The van der Waals surface area contributed by atoms with Gasteiger partial charge in [-0.1, -0.05) is 0 Å². The predicted molar refractivity (Wildman–Crippen MR) is 71.8 cm³/mol. The lowest BCUT2D eigenvalue weighted by atomic mass is 10.1. The number of carboxylic acid groups (broad SMARTS) is 2.